The molecule has 0 spiro atoms. The van der Waals surface area contributed by atoms with E-state index in [9.17, 15) is 14.0 Å². The summed E-state index contributed by atoms with van der Waals surface area (Å²) in [4.78, 5) is 23.9. The van der Waals surface area contributed by atoms with Gasteiger partial charge in [0.05, 0.1) is 12.6 Å². The Hall–Kier alpha value is -1.75. The molecule has 92 valence electrons. The Labute approximate surface area is 98.7 Å². The van der Waals surface area contributed by atoms with Crippen molar-refractivity contribution >= 4 is 11.8 Å². The van der Waals surface area contributed by atoms with E-state index in [2.05, 4.69) is 0 Å². The number of aliphatic carboxylic acids is 1. The number of ketones is 1. The molecule has 0 saturated heterocycles. The van der Waals surface area contributed by atoms with Crippen molar-refractivity contribution in [3.05, 3.63) is 35.6 Å². The normalized spacial score (nSPS) is 12.5. The summed E-state index contributed by atoms with van der Waals surface area (Å²) < 4.78 is 12.7. The van der Waals surface area contributed by atoms with Gasteiger partial charge in [0.2, 0.25) is 0 Å². The zero-order chi connectivity index (χ0) is 13.0. The van der Waals surface area contributed by atoms with Gasteiger partial charge in [0.1, 0.15) is 5.82 Å². The molecule has 0 amide bonds. The molecule has 0 aliphatic heterocycles. The number of carbonyl (C=O) groups is 2. The van der Waals surface area contributed by atoms with Crippen molar-refractivity contribution in [1.29, 1.82) is 0 Å². The fraction of sp³-hybridized carbons (Fsp3) is 0.333. The molecule has 1 rings (SSSR count). The molecule has 0 bridgehead atoms. The van der Waals surface area contributed by atoms with Crippen LogP contribution in [0.1, 0.15) is 17.3 Å². The first-order valence-corrected chi connectivity index (χ1v) is 5.13. The number of carboxylic acid groups (broad SMARTS) is 1. The van der Waals surface area contributed by atoms with E-state index in [0.29, 0.717) is 5.56 Å². The van der Waals surface area contributed by atoms with Gasteiger partial charge < -0.3 is 5.11 Å². The molecular weight excluding hydrogens is 225 g/mol. The van der Waals surface area contributed by atoms with Crippen molar-refractivity contribution in [1.82, 2.24) is 4.90 Å². The minimum absolute atomic E-state index is 0.214. The van der Waals surface area contributed by atoms with E-state index in [1.165, 1.54) is 29.2 Å². The second-order valence-corrected chi connectivity index (χ2v) is 3.86. The number of nitrogens with zero attached hydrogens (tertiary/aromatic N) is 1. The number of Topliss-reactive ketones (excluding diaryl/α,β-unsaturated/α-hetero) is 1. The average Bonchev–Trinajstić information content (AvgIpc) is 2.27. The molecule has 0 radical (unpaired) electrons. The third-order valence-electron chi connectivity index (χ3n) is 2.55. The fourth-order valence-corrected chi connectivity index (χ4v) is 1.41. The van der Waals surface area contributed by atoms with Crippen molar-refractivity contribution < 1.29 is 19.1 Å². The fourth-order valence-electron chi connectivity index (χ4n) is 1.41. The zero-order valence-corrected chi connectivity index (χ0v) is 9.68. The third-order valence-corrected chi connectivity index (χ3v) is 2.55. The first-order valence-electron chi connectivity index (χ1n) is 5.13. The summed E-state index contributed by atoms with van der Waals surface area (Å²) in [5.41, 5.74) is 0.371. The third kappa shape index (κ3) is 3.64. The smallest absolute Gasteiger partial charge is 0.317 e. The molecule has 0 aliphatic rings. The predicted octanol–water partition coefficient (Wildman–Crippen LogP) is 1.41. The van der Waals surface area contributed by atoms with Crippen LogP contribution in [0.25, 0.3) is 0 Å². The quantitative estimate of drug-likeness (QED) is 0.789. The van der Waals surface area contributed by atoms with Crippen LogP contribution < -0.4 is 0 Å². The lowest BCUT2D eigenvalue weighted by Gasteiger charge is -2.21. The number of rotatable bonds is 5. The highest BCUT2D eigenvalue weighted by molar-refractivity contribution is 5.99. The molecule has 1 aromatic rings. The number of halogens is 1. The van der Waals surface area contributed by atoms with E-state index in [0.717, 1.165) is 0 Å². The summed E-state index contributed by atoms with van der Waals surface area (Å²) in [7, 11) is 1.56. The number of carboxylic acids is 1. The summed E-state index contributed by atoms with van der Waals surface area (Å²) in [5.74, 6) is -1.63. The Balaban J connectivity index is 2.75. The zero-order valence-electron chi connectivity index (χ0n) is 9.68. The van der Waals surface area contributed by atoms with Gasteiger partial charge in [-0.1, -0.05) is 0 Å². The van der Waals surface area contributed by atoms with Crippen molar-refractivity contribution in [2.45, 2.75) is 13.0 Å². The maximum absolute atomic E-state index is 12.7. The molecule has 17 heavy (non-hydrogen) atoms. The van der Waals surface area contributed by atoms with Gasteiger partial charge in [0.25, 0.3) is 0 Å². The second kappa shape index (κ2) is 5.54. The lowest BCUT2D eigenvalue weighted by atomic mass is 10.0. The predicted molar refractivity (Wildman–Crippen MR) is 60.5 cm³/mol. The summed E-state index contributed by atoms with van der Waals surface area (Å²) in [6, 6.07) is 4.64. The van der Waals surface area contributed by atoms with Crippen LogP contribution in [-0.4, -0.2) is 41.4 Å². The minimum Gasteiger partial charge on any atom is -0.480 e. The number of hydrogen-bond donors (Lipinski definition) is 1. The van der Waals surface area contributed by atoms with E-state index in [4.69, 9.17) is 5.11 Å². The molecular formula is C12H14FNO3. The van der Waals surface area contributed by atoms with E-state index in [1.54, 1.807) is 14.0 Å². The van der Waals surface area contributed by atoms with Crippen LogP contribution in [0.5, 0.6) is 0 Å². The minimum atomic E-state index is -0.994. The van der Waals surface area contributed by atoms with E-state index in [1.807, 2.05) is 0 Å². The van der Waals surface area contributed by atoms with E-state index >= 15 is 0 Å². The maximum atomic E-state index is 12.7. The number of hydrogen-bond acceptors (Lipinski definition) is 3. The van der Waals surface area contributed by atoms with Gasteiger partial charge in [-0.25, -0.2) is 4.39 Å². The van der Waals surface area contributed by atoms with Crippen LogP contribution in [0, 0.1) is 5.82 Å². The molecule has 0 fully saturated rings. The van der Waals surface area contributed by atoms with Crippen molar-refractivity contribution in [3.8, 4) is 0 Å². The maximum Gasteiger partial charge on any atom is 0.317 e. The van der Waals surface area contributed by atoms with Gasteiger partial charge >= 0.3 is 5.97 Å². The highest BCUT2D eigenvalue weighted by Crippen LogP contribution is 2.09. The average molecular weight is 239 g/mol. The van der Waals surface area contributed by atoms with Gasteiger partial charge in [-0.15, -0.1) is 0 Å². The van der Waals surface area contributed by atoms with Gasteiger partial charge in [-0.2, -0.15) is 0 Å². The number of likely N-dealkylation sites (N-methyl/N-ethyl adjacent to an activating group) is 1. The molecule has 1 atom stereocenters. The van der Waals surface area contributed by atoms with E-state index in [-0.39, 0.29) is 12.3 Å². The van der Waals surface area contributed by atoms with Gasteiger partial charge in [0, 0.05) is 5.56 Å². The van der Waals surface area contributed by atoms with Gasteiger partial charge in [-0.05, 0) is 38.2 Å². The molecule has 0 heterocycles. The van der Waals surface area contributed by atoms with Crippen molar-refractivity contribution in [2.75, 3.05) is 13.6 Å². The number of benzene rings is 1. The lowest BCUT2D eigenvalue weighted by molar-refractivity contribution is -0.138. The molecule has 4 nitrogen and oxygen atoms in total. The van der Waals surface area contributed by atoms with Crippen LogP contribution in [0.4, 0.5) is 4.39 Å². The Morgan fingerprint density at radius 1 is 1.35 bits per heavy atom. The largest absolute Gasteiger partial charge is 0.480 e. The van der Waals surface area contributed by atoms with Crippen molar-refractivity contribution in [2.24, 2.45) is 0 Å². The summed E-state index contributed by atoms with van der Waals surface area (Å²) in [5, 5.41) is 8.62. The van der Waals surface area contributed by atoms with Crippen LogP contribution in [0.3, 0.4) is 0 Å². The SMILES string of the molecule is CC(C(=O)c1ccc(F)cc1)N(C)CC(=O)O. The van der Waals surface area contributed by atoms with Gasteiger partial charge in [-0.3, -0.25) is 14.5 Å². The Morgan fingerprint density at radius 3 is 2.35 bits per heavy atom. The first-order chi connectivity index (χ1) is 7.91. The molecule has 0 saturated carbocycles. The highest BCUT2D eigenvalue weighted by Gasteiger charge is 2.20. The molecule has 0 aromatic heterocycles. The standard InChI is InChI=1S/C12H14FNO3/c1-8(14(2)7-11(15)16)12(17)9-3-5-10(13)6-4-9/h3-6,8H,7H2,1-2H3,(H,15,16). The van der Waals surface area contributed by atoms with Crippen LogP contribution >= 0.6 is 0 Å². The lowest BCUT2D eigenvalue weighted by Crippen LogP contribution is -2.39. The van der Waals surface area contributed by atoms with Crippen LogP contribution in [-0.2, 0) is 4.79 Å². The Morgan fingerprint density at radius 2 is 1.88 bits per heavy atom. The summed E-state index contributed by atoms with van der Waals surface area (Å²) >= 11 is 0. The molecule has 1 unspecified atom stereocenters. The van der Waals surface area contributed by atoms with Crippen molar-refractivity contribution in [3.63, 3.8) is 0 Å². The molecule has 5 heteroatoms. The van der Waals surface area contributed by atoms with Crippen LogP contribution in [0.15, 0.2) is 24.3 Å². The summed E-state index contributed by atoms with van der Waals surface area (Å²) in [6.07, 6.45) is 0. The molecule has 1 N–H and O–H groups in total. The van der Waals surface area contributed by atoms with E-state index < -0.39 is 17.8 Å². The van der Waals surface area contributed by atoms with Crippen LogP contribution in [0.2, 0.25) is 0 Å². The molecule has 1 aromatic carbocycles. The topological polar surface area (TPSA) is 57.6 Å². The Kier molecular flexibility index (Phi) is 4.34. The highest BCUT2D eigenvalue weighted by atomic mass is 19.1. The monoisotopic (exact) mass is 239 g/mol. The molecule has 0 aliphatic carbocycles. The first kappa shape index (κ1) is 13.3. The number of carbonyl (C=O) groups excluding carboxylic acids is 1. The van der Waals surface area contributed by atoms with Gasteiger partial charge in [0.15, 0.2) is 5.78 Å². The Bertz CT molecular complexity index is 416. The summed E-state index contributed by atoms with van der Waals surface area (Å²) in [6.45, 7) is 1.41. The second-order valence-electron chi connectivity index (χ2n) is 3.86.